The smallest absolute Gasteiger partial charge is 0.314 e. The van der Waals surface area contributed by atoms with Crippen molar-refractivity contribution in [2.45, 2.75) is 6.42 Å². The Morgan fingerprint density at radius 2 is 1.97 bits per heavy atom. The average molecular weight is 460 g/mol. The highest BCUT2D eigenvalue weighted by Crippen LogP contribution is 2.31. The number of pyridine rings is 1. The largest absolute Gasteiger partial charge is 0.464 e. The van der Waals surface area contributed by atoms with Crippen molar-refractivity contribution in [2.24, 2.45) is 0 Å². The molecule has 0 saturated carbocycles. The van der Waals surface area contributed by atoms with Crippen molar-refractivity contribution in [1.29, 1.82) is 0 Å². The molecule has 3 aromatic heterocycles. The maximum absolute atomic E-state index is 11.3. The zero-order chi connectivity index (χ0) is 22.1. The summed E-state index contributed by atoms with van der Waals surface area (Å²) >= 11 is 12.3. The number of nitrogens with two attached hydrogens (primary N) is 2. The molecule has 0 spiro atoms. The number of aromatic nitrogens is 4. The van der Waals surface area contributed by atoms with Gasteiger partial charge in [-0.2, -0.15) is 4.98 Å². The maximum Gasteiger partial charge on any atom is 0.314 e. The number of fused-ring (bicyclic) bond motifs is 1. The van der Waals surface area contributed by atoms with Gasteiger partial charge in [-0.15, -0.1) is 0 Å². The molecule has 10 nitrogen and oxygen atoms in total. The molecule has 0 aliphatic carbocycles. The second kappa shape index (κ2) is 8.25. The lowest BCUT2D eigenvalue weighted by Crippen LogP contribution is -2.10. The van der Waals surface area contributed by atoms with E-state index >= 15 is 0 Å². The molecule has 4 N–H and O–H groups in total. The summed E-state index contributed by atoms with van der Waals surface area (Å²) in [6, 6.07) is 8.49. The molecule has 0 aliphatic rings. The molecule has 0 aliphatic heterocycles. The predicted molar refractivity (Wildman–Crippen MR) is 117 cm³/mol. The minimum Gasteiger partial charge on any atom is -0.464 e. The highest BCUT2D eigenvalue weighted by atomic mass is 35.5. The van der Waals surface area contributed by atoms with E-state index in [1.165, 1.54) is 6.07 Å². The number of ether oxygens (including phenoxy) is 1. The Balaban J connectivity index is 1.64. The molecule has 12 heteroatoms. The van der Waals surface area contributed by atoms with Crippen LogP contribution in [0.25, 0.3) is 16.9 Å². The predicted octanol–water partition coefficient (Wildman–Crippen LogP) is 3.79. The standard InChI is InChI=1S/C19H15Cl2N7O3/c20-11-1-2-12(13(21)8-11)14-9-16-24-4-5-27(16)19(25-14)31-6-3-10-7-15(22)26-18(23)17(10)28(29)30/h1-2,4-5,7-9H,3,6H2,(H4,22,23,26). The minimum absolute atomic E-state index is 0.0712. The summed E-state index contributed by atoms with van der Waals surface area (Å²) in [7, 11) is 0. The van der Waals surface area contributed by atoms with Crippen molar-refractivity contribution >= 4 is 46.2 Å². The second-order valence-corrected chi connectivity index (χ2v) is 7.34. The van der Waals surface area contributed by atoms with Crippen molar-refractivity contribution in [3.63, 3.8) is 0 Å². The van der Waals surface area contributed by atoms with Crippen LogP contribution >= 0.6 is 23.2 Å². The molecule has 0 bridgehead atoms. The first kappa shape index (κ1) is 20.6. The fourth-order valence-electron chi connectivity index (χ4n) is 3.12. The van der Waals surface area contributed by atoms with Gasteiger partial charge in [0.25, 0.3) is 0 Å². The molecule has 0 radical (unpaired) electrons. The maximum atomic E-state index is 11.3. The number of rotatable bonds is 6. The van der Waals surface area contributed by atoms with Crippen LogP contribution in [0.4, 0.5) is 17.3 Å². The van der Waals surface area contributed by atoms with Gasteiger partial charge >= 0.3 is 11.7 Å². The van der Waals surface area contributed by atoms with Crippen LogP contribution in [0.3, 0.4) is 0 Å². The summed E-state index contributed by atoms with van der Waals surface area (Å²) < 4.78 is 7.49. The molecule has 158 valence electrons. The first-order valence-corrected chi connectivity index (χ1v) is 9.70. The molecular formula is C19H15Cl2N7O3. The first-order valence-electron chi connectivity index (χ1n) is 8.95. The number of anilines is 2. The van der Waals surface area contributed by atoms with Gasteiger partial charge in [-0.25, -0.2) is 9.97 Å². The van der Waals surface area contributed by atoms with Crippen molar-refractivity contribution < 1.29 is 9.66 Å². The van der Waals surface area contributed by atoms with Crippen LogP contribution in [0.15, 0.2) is 42.7 Å². The van der Waals surface area contributed by atoms with E-state index in [1.807, 2.05) is 0 Å². The zero-order valence-corrected chi connectivity index (χ0v) is 17.3. The third-order valence-electron chi connectivity index (χ3n) is 4.47. The molecule has 0 unspecified atom stereocenters. The molecule has 31 heavy (non-hydrogen) atoms. The fraction of sp³-hybridized carbons (Fsp3) is 0.105. The van der Waals surface area contributed by atoms with Crippen LogP contribution in [0.2, 0.25) is 10.0 Å². The lowest BCUT2D eigenvalue weighted by Gasteiger charge is -2.11. The Hall–Kier alpha value is -3.63. The van der Waals surface area contributed by atoms with Gasteiger partial charge in [0.15, 0.2) is 0 Å². The summed E-state index contributed by atoms with van der Waals surface area (Å²) in [6.45, 7) is 0.0712. The van der Waals surface area contributed by atoms with Gasteiger partial charge in [0, 0.05) is 41.0 Å². The van der Waals surface area contributed by atoms with Crippen LogP contribution < -0.4 is 16.2 Å². The fourth-order valence-corrected chi connectivity index (χ4v) is 3.63. The van der Waals surface area contributed by atoms with E-state index in [9.17, 15) is 10.1 Å². The van der Waals surface area contributed by atoms with Gasteiger partial charge in [0.05, 0.1) is 22.2 Å². The van der Waals surface area contributed by atoms with E-state index in [0.29, 0.717) is 32.5 Å². The lowest BCUT2D eigenvalue weighted by atomic mass is 10.1. The molecule has 3 heterocycles. The van der Waals surface area contributed by atoms with Crippen molar-refractivity contribution in [3.05, 3.63) is 68.4 Å². The molecule has 0 saturated heterocycles. The van der Waals surface area contributed by atoms with Crippen LogP contribution in [-0.2, 0) is 6.42 Å². The lowest BCUT2D eigenvalue weighted by molar-refractivity contribution is -0.384. The summed E-state index contributed by atoms with van der Waals surface area (Å²) in [6.07, 6.45) is 3.46. The second-order valence-electron chi connectivity index (χ2n) is 6.50. The summed E-state index contributed by atoms with van der Waals surface area (Å²) in [5.41, 5.74) is 13.1. The van der Waals surface area contributed by atoms with E-state index < -0.39 is 4.92 Å². The highest BCUT2D eigenvalue weighted by molar-refractivity contribution is 6.36. The van der Waals surface area contributed by atoms with Crippen LogP contribution in [0.1, 0.15) is 5.56 Å². The molecule has 1 aromatic carbocycles. The third-order valence-corrected chi connectivity index (χ3v) is 5.02. The Bertz CT molecular complexity index is 1310. The first-order chi connectivity index (χ1) is 14.8. The number of nitrogens with zero attached hydrogens (tertiary/aromatic N) is 5. The van der Waals surface area contributed by atoms with Crippen LogP contribution in [0, 0.1) is 10.1 Å². The normalized spacial score (nSPS) is 11.0. The number of imidazole rings is 1. The van der Waals surface area contributed by atoms with E-state index in [2.05, 4.69) is 15.0 Å². The molecule has 4 rings (SSSR count). The Labute approximate surface area is 185 Å². The monoisotopic (exact) mass is 459 g/mol. The average Bonchev–Trinajstić information content (AvgIpc) is 3.16. The molecule has 0 fully saturated rings. The van der Waals surface area contributed by atoms with E-state index in [-0.39, 0.29) is 36.4 Å². The summed E-state index contributed by atoms with van der Waals surface area (Å²) in [5.74, 6) is -0.151. The Morgan fingerprint density at radius 3 is 2.71 bits per heavy atom. The van der Waals surface area contributed by atoms with Crippen molar-refractivity contribution in [3.8, 4) is 17.3 Å². The minimum atomic E-state index is -0.591. The molecular weight excluding hydrogens is 445 g/mol. The van der Waals surface area contributed by atoms with E-state index in [1.54, 1.807) is 41.1 Å². The Kier molecular flexibility index (Phi) is 5.49. The van der Waals surface area contributed by atoms with Gasteiger partial charge in [-0.05, 0) is 24.3 Å². The van der Waals surface area contributed by atoms with Gasteiger partial charge in [0.2, 0.25) is 5.82 Å². The topological polar surface area (TPSA) is 147 Å². The van der Waals surface area contributed by atoms with Gasteiger partial charge < -0.3 is 16.2 Å². The van der Waals surface area contributed by atoms with Gasteiger partial charge in [-0.1, -0.05) is 23.2 Å². The number of halogens is 2. The summed E-state index contributed by atoms with van der Waals surface area (Å²) in [4.78, 5) is 23.3. The van der Waals surface area contributed by atoms with Crippen LogP contribution in [-0.4, -0.2) is 30.9 Å². The Morgan fingerprint density at radius 1 is 1.16 bits per heavy atom. The van der Waals surface area contributed by atoms with Gasteiger partial charge in [0.1, 0.15) is 11.5 Å². The third kappa shape index (κ3) is 4.16. The SMILES string of the molecule is Nc1cc(CCOc2nc(-c3ccc(Cl)cc3Cl)cc3nccn23)c([N+](=O)[O-])c(N)n1. The van der Waals surface area contributed by atoms with Crippen LogP contribution in [0.5, 0.6) is 6.01 Å². The van der Waals surface area contributed by atoms with Crippen molar-refractivity contribution in [1.82, 2.24) is 19.4 Å². The number of hydrogen-bond donors (Lipinski definition) is 2. The number of nitro groups is 1. The number of hydrogen-bond acceptors (Lipinski definition) is 8. The number of benzene rings is 1. The number of nitrogen functional groups attached to an aromatic ring is 2. The van der Waals surface area contributed by atoms with E-state index in [4.69, 9.17) is 39.4 Å². The summed E-state index contributed by atoms with van der Waals surface area (Å²) in [5, 5.41) is 12.3. The quantitative estimate of drug-likeness (QED) is 0.326. The zero-order valence-electron chi connectivity index (χ0n) is 15.8. The van der Waals surface area contributed by atoms with E-state index in [0.717, 1.165) is 0 Å². The molecule has 0 amide bonds. The highest BCUT2D eigenvalue weighted by Gasteiger charge is 2.21. The molecule has 4 aromatic rings. The van der Waals surface area contributed by atoms with Gasteiger partial charge in [-0.3, -0.25) is 14.5 Å². The molecule has 0 atom stereocenters. The van der Waals surface area contributed by atoms with Crippen molar-refractivity contribution in [2.75, 3.05) is 18.1 Å².